The quantitative estimate of drug-likeness (QED) is 0.577. The molecule has 0 aromatic carbocycles. The van der Waals surface area contributed by atoms with Gasteiger partial charge in [-0.25, -0.2) is 0 Å². The Morgan fingerprint density at radius 1 is 1.25 bits per heavy atom. The average molecular weight is 171 g/mol. The summed E-state index contributed by atoms with van der Waals surface area (Å²) < 4.78 is 11.3. The molecule has 0 saturated carbocycles. The van der Waals surface area contributed by atoms with E-state index >= 15 is 0 Å². The van der Waals surface area contributed by atoms with Gasteiger partial charge in [-0.1, -0.05) is 0 Å². The number of fused-ring (bicyclic) bond motifs is 1. The summed E-state index contributed by atoms with van der Waals surface area (Å²) in [6.07, 6.45) is 2.96. The van der Waals surface area contributed by atoms with Crippen LogP contribution in [-0.2, 0) is 9.47 Å². The molecule has 2 rings (SSSR count). The standard InChI is InChI=1S/C9H17NO2/c1-7-9-8(3-2-5-11-7)12-6-4-10-9/h7-10H,2-6H2,1H3/t7-,8?,9?/m0/s1. The molecule has 3 heteroatoms. The number of rotatable bonds is 0. The normalized spacial score (nSPS) is 43.2. The van der Waals surface area contributed by atoms with E-state index in [2.05, 4.69) is 12.2 Å². The number of nitrogens with one attached hydrogen (secondary N) is 1. The summed E-state index contributed by atoms with van der Waals surface area (Å²) in [5.74, 6) is 0. The first-order valence-corrected chi connectivity index (χ1v) is 4.84. The van der Waals surface area contributed by atoms with Crippen molar-refractivity contribution in [3.8, 4) is 0 Å². The van der Waals surface area contributed by atoms with Crippen LogP contribution >= 0.6 is 0 Å². The number of hydrogen-bond acceptors (Lipinski definition) is 3. The second kappa shape index (κ2) is 3.73. The third-order valence-corrected chi connectivity index (χ3v) is 2.73. The van der Waals surface area contributed by atoms with Crippen molar-refractivity contribution in [2.75, 3.05) is 19.8 Å². The third-order valence-electron chi connectivity index (χ3n) is 2.73. The molecular weight excluding hydrogens is 154 g/mol. The molecule has 2 aliphatic heterocycles. The Hall–Kier alpha value is -0.120. The zero-order valence-corrected chi connectivity index (χ0v) is 7.58. The fraction of sp³-hybridized carbons (Fsp3) is 1.00. The molecule has 0 amide bonds. The Morgan fingerprint density at radius 3 is 3.08 bits per heavy atom. The fourth-order valence-corrected chi connectivity index (χ4v) is 2.06. The molecule has 3 atom stereocenters. The first-order chi connectivity index (χ1) is 5.88. The Labute approximate surface area is 73.4 Å². The maximum atomic E-state index is 5.69. The molecule has 0 bridgehead atoms. The summed E-state index contributed by atoms with van der Waals surface area (Å²) in [6.45, 7) is 4.84. The van der Waals surface area contributed by atoms with Crippen LogP contribution in [0.25, 0.3) is 0 Å². The molecule has 2 aliphatic rings. The number of morpholine rings is 1. The molecule has 0 spiro atoms. The van der Waals surface area contributed by atoms with Gasteiger partial charge in [0.1, 0.15) is 0 Å². The van der Waals surface area contributed by atoms with E-state index in [1.54, 1.807) is 0 Å². The highest BCUT2D eigenvalue weighted by Crippen LogP contribution is 2.19. The monoisotopic (exact) mass is 171 g/mol. The Morgan fingerprint density at radius 2 is 2.17 bits per heavy atom. The topological polar surface area (TPSA) is 30.5 Å². The molecule has 0 aromatic rings. The predicted octanol–water partition coefficient (Wildman–Crippen LogP) is 0.542. The second-order valence-corrected chi connectivity index (χ2v) is 3.61. The lowest BCUT2D eigenvalue weighted by Crippen LogP contribution is -2.53. The summed E-state index contributed by atoms with van der Waals surface area (Å²) >= 11 is 0. The van der Waals surface area contributed by atoms with Gasteiger partial charge in [0, 0.05) is 13.2 Å². The van der Waals surface area contributed by atoms with Gasteiger partial charge in [-0.15, -0.1) is 0 Å². The molecule has 12 heavy (non-hydrogen) atoms. The zero-order chi connectivity index (χ0) is 8.39. The highest BCUT2D eigenvalue weighted by molar-refractivity contribution is 4.87. The minimum Gasteiger partial charge on any atom is -0.377 e. The van der Waals surface area contributed by atoms with Gasteiger partial charge in [0.2, 0.25) is 0 Å². The van der Waals surface area contributed by atoms with E-state index < -0.39 is 0 Å². The molecule has 0 radical (unpaired) electrons. The molecule has 2 fully saturated rings. The van der Waals surface area contributed by atoms with Crippen molar-refractivity contribution in [3.05, 3.63) is 0 Å². The fourth-order valence-electron chi connectivity index (χ4n) is 2.06. The van der Waals surface area contributed by atoms with Gasteiger partial charge in [-0.05, 0) is 19.8 Å². The van der Waals surface area contributed by atoms with Crippen molar-refractivity contribution in [1.29, 1.82) is 0 Å². The van der Waals surface area contributed by atoms with Crippen LogP contribution in [0.2, 0.25) is 0 Å². The van der Waals surface area contributed by atoms with E-state index in [4.69, 9.17) is 9.47 Å². The van der Waals surface area contributed by atoms with Gasteiger partial charge < -0.3 is 14.8 Å². The summed E-state index contributed by atoms with van der Waals surface area (Å²) in [6, 6.07) is 0.418. The minimum absolute atomic E-state index is 0.304. The van der Waals surface area contributed by atoms with Crippen LogP contribution in [0.1, 0.15) is 19.8 Å². The van der Waals surface area contributed by atoms with Crippen LogP contribution < -0.4 is 5.32 Å². The van der Waals surface area contributed by atoms with Crippen molar-refractivity contribution in [1.82, 2.24) is 5.32 Å². The van der Waals surface area contributed by atoms with Crippen molar-refractivity contribution in [2.24, 2.45) is 0 Å². The smallest absolute Gasteiger partial charge is 0.0754 e. The van der Waals surface area contributed by atoms with E-state index in [0.717, 1.165) is 32.6 Å². The summed E-state index contributed by atoms with van der Waals surface area (Å²) in [5, 5.41) is 3.46. The molecular formula is C9H17NO2. The molecule has 0 aromatic heterocycles. The first-order valence-electron chi connectivity index (χ1n) is 4.84. The van der Waals surface area contributed by atoms with Crippen LogP contribution in [0, 0.1) is 0 Å². The largest absolute Gasteiger partial charge is 0.377 e. The lowest BCUT2D eigenvalue weighted by Gasteiger charge is -2.34. The maximum absolute atomic E-state index is 5.69. The third kappa shape index (κ3) is 1.63. The van der Waals surface area contributed by atoms with Crippen molar-refractivity contribution in [2.45, 2.75) is 38.0 Å². The van der Waals surface area contributed by atoms with Gasteiger partial charge >= 0.3 is 0 Å². The van der Waals surface area contributed by atoms with E-state index in [0.29, 0.717) is 18.2 Å². The lowest BCUT2D eigenvalue weighted by molar-refractivity contribution is -0.0420. The lowest BCUT2D eigenvalue weighted by atomic mass is 10.0. The van der Waals surface area contributed by atoms with Crippen molar-refractivity contribution < 1.29 is 9.47 Å². The molecule has 2 unspecified atom stereocenters. The highest BCUT2D eigenvalue weighted by Gasteiger charge is 2.32. The number of hydrogen-bond donors (Lipinski definition) is 1. The minimum atomic E-state index is 0.304. The molecule has 70 valence electrons. The van der Waals surface area contributed by atoms with Crippen LogP contribution in [0.5, 0.6) is 0 Å². The van der Waals surface area contributed by atoms with Crippen LogP contribution in [0.15, 0.2) is 0 Å². The van der Waals surface area contributed by atoms with Gasteiger partial charge in [0.05, 0.1) is 24.9 Å². The highest BCUT2D eigenvalue weighted by atomic mass is 16.5. The summed E-state index contributed by atoms with van der Waals surface area (Å²) in [4.78, 5) is 0. The van der Waals surface area contributed by atoms with Crippen LogP contribution in [0.3, 0.4) is 0 Å². The first kappa shape index (κ1) is 8.48. The van der Waals surface area contributed by atoms with E-state index in [1.807, 2.05) is 0 Å². The SMILES string of the molecule is C[C@@H]1OCCCC2OCCNC21. The molecule has 0 aliphatic carbocycles. The Kier molecular flexibility index (Phi) is 2.63. The summed E-state index contributed by atoms with van der Waals surface area (Å²) in [7, 11) is 0. The second-order valence-electron chi connectivity index (χ2n) is 3.61. The molecule has 2 saturated heterocycles. The van der Waals surface area contributed by atoms with Gasteiger partial charge in [-0.2, -0.15) is 0 Å². The maximum Gasteiger partial charge on any atom is 0.0754 e. The van der Waals surface area contributed by atoms with Crippen molar-refractivity contribution >= 4 is 0 Å². The molecule has 2 heterocycles. The Bertz CT molecular complexity index is 151. The van der Waals surface area contributed by atoms with Crippen LogP contribution in [-0.4, -0.2) is 38.0 Å². The molecule has 3 nitrogen and oxygen atoms in total. The zero-order valence-electron chi connectivity index (χ0n) is 7.58. The van der Waals surface area contributed by atoms with E-state index in [-0.39, 0.29) is 0 Å². The predicted molar refractivity (Wildman–Crippen MR) is 46.2 cm³/mol. The average Bonchev–Trinajstić information content (AvgIpc) is 2.29. The Balaban J connectivity index is 2.01. The number of ether oxygens (including phenoxy) is 2. The molecule has 1 N–H and O–H groups in total. The van der Waals surface area contributed by atoms with Crippen molar-refractivity contribution in [3.63, 3.8) is 0 Å². The van der Waals surface area contributed by atoms with Gasteiger partial charge in [0.25, 0.3) is 0 Å². The van der Waals surface area contributed by atoms with Crippen LogP contribution in [0.4, 0.5) is 0 Å². The van der Waals surface area contributed by atoms with Gasteiger partial charge in [0.15, 0.2) is 0 Å². The van der Waals surface area contributed by atoms with E-state index in [1.165, 1.54) is 0 Å². The van der Waals surface area contributed by atoms with Gasteiger partial charge in [-0.3, -0.25) is 0 Å². The van der Waals surface area contributed by atoms with E-state index in [9.17, 15) is 0 Å². The summed E-state index contributed by atoms with van der Waals surface area (Å²) in [5.41, 5.74) is 0.